The van der Waals surface area contributed by atoms with E-state index in [1.54, 1.807) is 19.9 Å². The number of amides is 1. The van der Waals surface area contributed by atoms with Crippen LogP contribution < -0.4 is 15.6 Å². The van der Waals surface area contributed by atoms with E-state index in [1.807, 2.05) is 0 Å². The van der Waals surface area contributed by atoms with E-state index in [2.05, 4.69) is 26.0 Å². The molecule has 25 heavy (non-hydrogen) atoms. The number of carbonyl (C=O) groups is 1. The third kappa shape index (κ3) is 5.52. The molecule has 0 unspecified atom stereocenters. The van der Waals surface area contributed by atoms with E-state index < -0.39 is 15.9 Å². The summed E-state index contributed by atoms with van der Waals surface area (Å²) in [6.07, 6.45) is 1.52. The van der Waals surface area contributed by atoms with E-state index in [4.69, 9.17) is 0 Å². The van der Waals surface area contributed by atoms with Gasteiger partial charge in [0.15, 0.2) is 0 Å². The summed E-state index contributed by atoms with van der Waals surface area (Å²) in [6, 6.07) is 8.55. The van der Waals surface area contributed by atoms with Crippen molar-refractivity contribution in [3.8, 4) is 0 Å². The molecule has 0 fully saturated rings. The Hall–Kier alpha value is -1.97. The maximum Gasteiger partial charge on any atom is 0.251 e. The fraction of sp³-hybridized carbons (Fsp3) is 0.250. The normalized spacial score (nSPS) is 11.5. The van der Waals surface area contributed by atoms with Crippen molar-refractivity contribution in [1.82, 2.24) is 9.29 Å². The first-order valence-corrected chi connectivity index (χ1v) is 9.73. The molecule has 9 heteroatoms. The highest BCUT2D eigenvalue weighted by Gasteiger charge is 2.15. The lowest BCUT2D eigenvalue weighted by molar-refractivity contribution is -0.116. The molecule has 0 saturated heterocycles. The number of hydrogen-bond acceptors (Lipinski definition) is 4. The summed E-state index contributed by atoms with van der Waals surface area (Å²) >= 11 is 3.24. The molecule has 0 radical (unpaired) electrons. The molecule has 0 aliphatic heterocycles. The SMILES string of the molecule is CC(C)NS(=O)(=O)c1ccc(NC(=O)Cn2cc(Br)ccc2=O)cc1. The maximum absolute atomic E-state index is 12.1. The smallest absolute Gasteiger partial charge is 0.251 e. The van der Waals surface area contributed by atoms with Crippen LogP contribution in [0.1, 0.15) is 13.8 Å². The third-order valence-electron chi connectivity index (χ3n) is 3.10. The van der Waals surface area contributed by atoms with Gasteiger partial charge in [0.1, 0.15) is 6.54 Å². The van der Waals surface area contributed by atoms with Gasteiger partial charge in [0.05, 0.1) is 4.90 Å². The number of pyridine rings is 1. The lowest BCUT2D eigenvalue weighted by Gasteiger charge is -2.11. The van der Waals surface area contributed by atoms with Crippen molar-refractivity contribution in [3.63, 3.8) is 0 Å². The summed E-state index contributed by atoms with van der Waals surface area (Å²) in [4.78, 5) is 23.9. The lowest BCUT2D eigenvalue weighted by atomic mass is 10.3. The van der Waals surface area contributed by atoms with E-state index in [1.165, 1.54) is 41.1 Å². The van der Waals surface area contributed by atoms with Gasteiger partial charge in [-0.15, -0.1) is 0 Å². The van der Waals surface area contributed by atoms with Crippen molar-refractivity contribution >= 4 is 37.5 Å². The van der Waals surface area contributed by atoms with E-state index >= 15 is 0 Å². The summed E-state index contributed by atoms with van der Waals surface area (Å²) < 4.78 is 28.5. The molecule has 0 spiro atoms. The highest BCUT2D eigenvalue weighted by molar-refractivity contribution is 9.10. The standard InChI is InChI=1S/C16H18BrN3O4S/c1-11(2)19-25(23,24)14-6-4-13(5-7-14)18-15(21)10-20-9-12(17)3-8-16(20)22/h3-9,11,19H,10H2,1-2H3,(H,18,21). The van der Waals surface area contributed by atoms with Crippen LogP contribution in [0.3, 0.4) is 0 Å². The van der Waals surface area contributed by atoms with Crippen molar-refractivity contribution in [3.05, 3.63) is 57.4 Å². The van der Waals surface area contributed by atoms with Gasteiger partial charge in [-0.05, 0) is 60.1 Å². The Morgan fingerprint density at radius 1 is 1.16 bits per heavy atom. The van der Waals surface area contributed by atoms with Crippen LogP contribution in [0.5, 0.6) is 0 Å². The van der Waals surface area contributed by atoms with Gasteiger partial charge in [-0.2, -0.15) is 0 Å². The topological polar surface area (TPSA) is 97.3 Å². The highest BCUT2D eigenvalue weighted by atomic mass is 79.9. The second-order valence-corrected chi connectivity index (χ2v) is 8.29. The number of nitrogens with one attached hydrogen (secondary N) is 2. The Labute approximate surface area is 154 Å². The van der Waals surface area contributed by atoms with Gasteiger partial charge in [0.2, 0.25) is 15.9 Å². The van der Waals surface area contributed by atoms with Gasteiger partial charge < -0.3 is 9.88 Å². The van der Waals surface area contributed by atoms with Crippen molar-refractivity contribution in [2.45, 2.75) is 31.3 Å². The molecule has 2 aromatic rings. The fourth-order valence-electron chi connectivity index (χ4n) is 2.08. The molecule has 0 atom stereocenters. The molecule has 1 aromatic carbocycles. The highest BCUT2D eigenvalue weighted by Crippen LogP contribution is 2.14. The zero-order valence-electron chi connectivity index (χ0n) is 13.7. The average molecular weight is 428 g/mol. The second-order valence-electron chi connectivity index (χ2n) is 5.66. The Kier molecular flexibility index (Phi) is 6.15. The van der Waals surface area contributed by atoms with Gasteiger partial charge in [0, 0.05) is 28.5 Å². The summed E-state index contributed by atoms with van der Waals surface area (Å²) in [6.45, 7) is 3.32. The summed E-state index contributed by atoms with van der Waals surface area (Å²) in [5.74, 6) is -0.392. The Bertz CT molecular complexity index is 921. The Morgan fingerprint density at radius 3 is 2.40 bits per heavy atom. The number of anilines is 1. The number of sulfonamides is 1. The zero-order valence-corrected chi connectivity index (χ0v) is 16.1. The molecule has 0 bridgehead atoms. The van der Waals surface area contributed by atoms with Crippen molar-refractivity contribution in [1.29, 1.82) is 0 Å². The predicted octanol–water partition coefficient (Wildman–Crippen LogP) is 1.94. The third-order valence-corrected chi connectivity index (χ3v) is 5.24. The van der Waals surface area contributed by atoms with Gasteiger partial charge in [-0.1, -0.05) is 0 Å². The number of rotatable bonds is 6. The van der Waals surface area contributed by atoms with Gasteiger partial charge in [-0.25, -0.2) is 13.1 Å². The number of nitrogens with zero attached hydrogens (tertiary/aromatic N) is 1. The first-order chi connectivity index (χ1) is 11.7. The first-order valence-electron chi connectivity index (χ1n) is 7.45. The molecule has 134 valence electrons. The molecular formula is C16H18BrN3O4S. The van der Waals surface area contributed by atoms with Crippen LogP contribution in [0.15, 0.2) is 56.8 Å². The molecule has 2 rings (SSSR count). The molecule has 2 N–H and O–H groups in total. The Morgan fingerprint density at radius 2 is 1.80 bits per heavy atom. The van der Waals surface area contributed by atoms with E-state index in [0.29, 0.717) is 10.2 Å². The Balaban J connectivity index is 2.07. The van der Waals surface area contributed by atoms with Crippen LogP contribution in [0.4, 0.5) is 5.69 Å². The minimum atomic E-state index is -3.58. The monoisotopic (exact) mass is 427 g/mol. The van der Waals surface area contributed by atoms with Crippen LogP contribution in [-0.4, -0.2) is 24.9 Å². The second kappa shape index (κ2) is 7.94. The van der Waals surface area contributed by atoms with Gasteiger partial charge in [0.25, 0.3) is 5.56 Å². The fourth-order valence-corrected chi connectivity index (χ4v) is 3.71. The van der Waals surface area contributed by atoms with Crippen LogP contribution in [-0.2, 0) is 21.4 Å². The summed E-state index contributed by atoms with van der Waals surface area (Å²) in [5, 5.41) is 2.63. The number of aromatic nitrogens is 1. The maximum atomic E-state index is 12.1. The number of hydrogen-bond donors (Lipinski definition) is 2. The van der Waals surface area contributed by atoms with Crippen LogP contribution >= 0.6 is 15.9 Å². The predicted molar refractivity (Wildman–Crippen MR) is 98.9 cm³/mol. The zero-order chi connectivity index (χ0) is 18.6. The lowest BCUT2D eigenvalue weighted by Crippen LogP contribution is -2.30. The summed E-state index contributed by atoms with van der Waals surface area (Å²) in [5.41, 5.74) is 0.149. The molecule has 1 heterocycles. The molecule has 7 nitrogen and oxygen atoms in total. The van der Waals surface area contributed by atoms with Gasteiger partial charge >= 0.3 is 0 Å². The van der Waals surface area contributed by atoms with Crippen molar-refractivity contribution < 1.29 is 13.2 Å². The average Bonchev–Trinajstić information content (AvgIpc) is 2.50. The number of benzene rings is 1. The van der Waals surface area contributed by atoms with Gasteiger partial charge in [-0.3, -0.25) is 9.59 Å². The molecule has 1 aromatic heterocycles. The minimum absolute atomic E-state index is 0.113. The van der Waals surface area contributed by atoms with Crippen molar-refractivity contribution in [2.24, 2.45) is 0 Å². The number of carbonyl (C=O) groups excluding carboxylic acids is 1. The summed E-state index contributed by atoms with van der Waals surface area (Å²) in [7, 11) is -3.58. The van der Waals surface area contributed by atoms with Crippen LogP contribution in [0.2, 0.25) is 0 Å². The first kappa shape index (κ1) is 19.4. The van der Waals surface area contributed by atoms with Crippen LogP contribution in [0.25, 0.3) is 0 Å². The molecule has 0 aliphatic carbocycles. The van der Waals surface area contributed by atoms with Crippen LogP contribution in [0, 0.1) is 0 Å². The number of halogens is 1. The molecule has 0 saturated carbocycles. The van der Waals surface area contributed by atoms with Crippen molar-refractivity contribution in [2.75, 3.05) is 5.32 Å². The minimum Gasteiger partial charge on any atom is -0.325 e. The molecular weight excluding hydrogens is 410 g/mol. The molecule has 1 amide bonds. The molecule has 0 aliphatic rings. The quantitative estimate of drug-likeness (QED) is 0.735. The van der Waals surface area contributed by atoms with E-state index in [0.717, 1.165) is 0 Å². The van der Waals surface area contributed by atoms with E-state index in [-0.39, 0.29) is 23.0 Å². The largest absolute Gasteiger partial charge is 0.325 e. The van der Waals surface area contributed by atoms with E-state index in [9.17, 15) is 18.0 Å².